The van der Waals surface area contributed by atoms with Crippen LogP contribution in [0.4, 0.5) is 0 Å². The number of aryl methyl sites for hydroxylation is 2. The van der Waals surface area contributed by atoms with Gasteiger partial charge in [-0.3, -0.25) is 19.8 Å². The van der Waals surface area contributed by atoms with Gasteiger partial charge in [0.05, 0.1) is 18.0 Å². The molecule has 1 heterocycles. The molecule has 39 heavy (non-hydrogen) atoms. The van der Waals surface area contributed by atoms with Crippen LogP contribution < -0.4 is 22.5 Å². The molecule has 8 N–H and O–H groups in total. The monoisotopic (exact) mass is 527 g/mol. The minimum absolute atomic E-state index is 0.0670. The number of hydrogen-bond acceptors (Lipinski definition) is 6. The van der Waals surface area contributed by atoms with Crippen LogP contribution >= 0.6 is 0 Å². The molecule has 2 fully saturated rings. The first-order valence-corrected chi connectivity index (χ1v) is 13.2. The normalized spacial score (nSPS) is 22.9. The predicted molar refractivity (Wildman–Crippen MR) is 145 cm³/mol. The first-order valence-electron chi connectivity index (χ1n) is 13.2. The van der Waals surface area contributed by atoms with E-state index in [1.54, 1.807) is 41.3 Å². The van der Waals surface area contributed by atoms with Crippen molar-refractivity contribution in [3.8, 4) is 6.07 Å². The van der Waals surface area contributed by atoms with Crippen molar-refractivity contribution in [3.05, 3.63) is 69.8 Å². The van der Waals surface area contributed by atoms with E-state index in [1.807, 2.05) is 6.92 Å². The molecule has 0 spiro atoms. The van der Waals surface area contributed by atoms with Crippen LogP contribution in [0, 0.1) is 22.7 Å². The van der Waals surface area contributed by atoms with Crippen LogP contribution in [0.3, 0.4) is 0 Å². The zero-order valence-electron chi connectivity index (χ0n) is 21.9. The topological polar surface area (TPSA) is 192 Å². The van der Waals surface area contributed by atoms with Crippen LogP contribution in [-0.2, 0) is 23.1 Å². The second-order valence-corrected chi connectivity index (χ2v) is 11.0. The second kappa shape index (κ2) is 9.82. The maximum atomic E-state index is 13.1. The molecule has 5 rings (SSSR count). The van der Waals surface area contributed by atoms with Gasteiger partial charge in [0.2, 0.25) is 17.7 Å². The number of rotatable bonds is 8. The maximum absolute atomic E-state index is 13.1. The number of hydrogen-bond donors (Lipinski definition) is 5. The Morgan fingerprint density at radius 2 is 1.62 bits per heavy atom. The molecule has 202 valence electrons. The average molecular weight is 528 g/mol. The average Bonchev–Trinajstić information content (AvgIpc) is 3.60. The molecule has 2 aromatic carbocycles. The fourth-order valence-corrected chi connectivity index (χ4v) is 6.59. The molecule has 0 aromatic heterocycles. The van der Waals surface area contributed by atoms with E-state index in [2.05, 4.69) is 11.4 Å². The lowest BCUT2D eigenvalue weighted by Gasteiger charge is -2.38. The summed E-state index contributed by atoms with van der Waals surface area (Å²) in [6, 6.07) is 12.2. The third-order valence-electron chi connectivity index (χ3n) is 8.58. The summed E-state index contributed by atoms with van der Waals surface area (Å²) in [5.41, 5.74) is 20.4. The summed E-state index contributed by atoms with van der Waals surface area (Å²) in [6.07, 6.45) is 3.14. The summed E-state index contributed by atoms with van der Waals surface area (Å²) in [7, 11) is 0. The van der Waals surface area contributed by atoms with Crippen molar-refractivity contribution in [2.75, 3.05) is 6.54 Å². The van der Waals surface area contributed by atoms with E-state index < -0.39 is 17.2 Å². The van der Waals surface area contributed by atoms with Gasteiger partial charge in [-0.2, -0.15) is 5.26 Å². The molecular weight excluding hydrogens is 494 g/mol. The zero-order chi connectivity index (χ0) is 28.1. The number of carbonyl (C=O) groups excluding carboxylic acids is 3. The third-order valence-corrected chi connectivity index (χ3v) is 8.58. The van der Waals surface area contributed by atoms with Gasteiger partial charge in [-0.25, -0.2) is 0 Å². The molecule has 1 saturated carbocycles. The van der Waals surface area contributed by atoms with Gasteiger partial charge in [0, 0.05) is 23.2 Å². The van der Waals surface area contributed by atoms with E-state index >= 15 is 0 Å². The number of nitriles is 1. The number of nitrogens with two attached hydrogens (primary N) is 3. The van der Waals surface area contributed by atoms with E-state index in [4.69, 9.17) is 22.6 Å². The van der Waals surface area contributed by atoms with Crippen LogP contribution in [-0.4, -0.2) is 53.1 Å². The quantitative estimate of drug-likeness (QED) is 0.252. The highest BCUT2D eigenvalue weighted by Crippen LogP contribution is 2.47. The van der Waals surface area contributed by atoms with E-state index in [1.165, 1.54) is 0 Å². The highest BCUT2D eigenvalue weighted by molar-refractivity contribution is 5.97. The number of primary amides is 2. The first-order chi connectivity index (χ1) is 18.6. The van der Waals surface area contributed by atoms with Gasteiger partial charge in [-0.15, -0.1) is 0 Å². The van der Waals surface area contributed by atoms with Crippen LogP contribution in [0.5, 0.6) is 0 Å². The highest BCUT2D eigenvalue weighted by atomic mass is 16.2. The van der Waals surface area contributed by atoms with Gasteiger partial charge in [-0.05, 0) is 91.5 Å². The summed E-state index contributed by atoms with van der Waals surface area (Å²) in [6.45, 7) is 2.00. The zero-order valence-corrected chi connectivity index (χ0v) is 21.9. The molecule has 4 atom stereocenters. The Morgan fingerprint density at radius 1 is 1.05 bits per heavy atom. The van der Waals surface area contributed by atoms with Crippen molar-refractivity contribution in [2.45, 2.75) is 62.6 Å². The van der Waals surface area contributed by atoms with E-state index in [0.29, 0.717) is 36.3 Å². The molecule has 2 aliphatic carbocycles. The molecule has 2 aromatic rings. The van der Waals surface area contributed by atoms with Crippen LogP contribution in [0.1, 0.15) is 69.2 Å². The van der Waals surface area contributed by atoms with Crippen LogP contribution in [0.25, 0.3) is 0 Å². The van der Waals surface area contributed by atoms with Gasteiger partial charge in [-0.1, -0.05) is 12.1 Å². The van der Waals surface area contributed by atoms with E-state index in [0.717, 1.165) is 35.1 Å². The molecular formula is C29H33N7O3. The number of nitrogens with zero attached hydrogens (tertiary/aromatic N) is 2. The number of nitrogens with one attached hydrogen (secondary N) is 2. The van der Waals surface area contributed by atoms with Gasteiger partial charge in [0.1, 0.15) is 11.9 Å². The van der Waals surface area contributed by atoms with E-state index in [-0.39, 0.29) is 36.4 Å². The summed E-state index contributed by atoms with van der Waals surface area (Å²) in [5, 5.41) is 21.6. The third kappa shape index (κ3) is 4.53. The number of benzene rings is 2. The minimum Gasteiger partial charge on any atom is -0.387 e. The largest absolute Gasteiger partial charge is 0.387 e. The minimum atomic E-state index is -1.09. The van der Waals surface area contributed by atoms with Gasteiger partial charge in [0.15, 0.2) is 0 Å². The Labute approximate surface area is 227 Å². The van der Waals surface area contributed by atoms with Crippen LogP contribution in [0.2, 0.25) is 0 Å². The predicted octanol–water partition coefficient (Wildman–Crippen LogP) is 1.09. The van der Waals surface area contributed by atoms with Crippen molar-refractivity contribution in [3.63, 3.8) is 0 Å². The number of carbonyl (C=O) groups is 3. The number of likely N-dealkylation sites (tertiary alicyclic amines) is 1. The fourth-order valence-electron chi connectivity index (χ4n) is 6.59. The molecule has 1 saturated heterocycles. The highest BCUT2D eigenvalue weighted by Gasteiger charge is 2.54. The lowest BCUT2D eigenvalue weighted by molar-refractivity contribution is -0.131. The van der Waals surface area contributed by atoms with Crippen LogP contribution in [0.15, 0.2) is 36.4 Å². The summed E-state index contributed by atoms with van der Waals surface area (Å²) in [4.78, 5) is 38.7. The van der Waals surface area contributed by atoms with E-state index in [9.17, 15) is 19.6 Å². The molecule has 1 aliphatic heterocycles. The number of amidine groups is 1. The van der Waals surface area contributed by atoms with Crippen molar-refractivity contribution in [2.24, 2.45) is 23.1 Å². The molecule has 10 nitrogen and oxygen atoms in total. The molecule has 3 aliphatic rings. The molecule has 10 heteroatoms. The lowest BCUT2D eigenvalue weighted by Crippen LogP contribution is -2.49. The SMILES string of the molecule is C[C@H](CC1(C(=N)N)c2ccc(C(N)=O)cc2CCc2cc(C(N)=O)ccc21)NCC(=O)N1C(C#N)C[C@@H]2C[C@@H]21. The molecule has 0 bridgehead atoms. The Morgan fingerprint density at radius 3 is 2.10 bits per heavy atom. The summed E-state index contributed by atoms with van der Waals surface area (Å²) in [5.74, 6) is -0.850. The fraction of sp³-hybridized carbons (Fsp3) is 0.414. The molecule has 1 unspecified atom stereocenters. The number of piperidine rings is 1. The lowest BCUT2D eigenvalue weighted by atomic mass is 9.67. The second-order valence-electron chi connectivity index (χ2n) is 11.0. The molecule has 3 amide bonds. The smallest absolute Gasteiger partial charge is 0.248 e. The Balaban J connectivity index is 1.50. The summed E-state index contributed by atoms with van der Waals surface area (Å²) >= 11 is 0. The summed E-state index contributed by atoms with van der Waals surface area (Å²) < 4.78 is 0. The van der Waals surface area contributed by atoms with Gasteiger partial charge < -0.3 is 27.4 Å². The molecule has 0 radical (unpaired) electrons. The van der Waals surface area contributed by atoms with Gasteiger partial charge in [0.25, 0.3) is 0 Å². The Hall–Kier alpha value is -4.23. The first kappa shape index (κ1) is 26.4. The number of fused-ring (bicyclic) bond motifs is 3. The van der Waals surface area contributed by atoms with Crippen molar-refractivity contribution < 1.29 is 14.4 Å². The van der Waals surface area contributed by atoms with Crippen molar-refractivity contribution in [1.29, 1.82) is 10.7 Å². The standard InChI is InChI=1S/C29H33N7O3/c1-15(35-14-25(37)36-21(13-30)10-20-11-24(20)36)12-29(28(33)34)22-6-4-18(26(31)38)8-16(22)2-3-17-9-19(27(32)39)5-7-23(17)29/h4-9,15,20-21,24,35H,2-3,10-12,14H2,1H3,(H2,31,38)(H2,32,39)(H3,33,34)/t15-,20-,21?,24+/m1/s1. The van der Waals surface area contributed by atoms with Crippen molar-refractivity contribution >= 4 is 23.6 Å². The Bertz CT molecular complexity index is 1360. The maximum Gasteiger partial charge on any atom is 0.248 e. The Kier molecular flexibility index (Phi) is 6.64. The van der Waals surface area contributed by atoms with Gasteiger partial charge >= 0.3 is 0 Å². The van der Waals surface area contributed by atoms with Crippen molar-refractivity contribution in [1.82, 2.24) is 10.2 Å². The number of amides is 3.